The average molecular weight is 385 g/mol. The Balaban J connectivity index is 1.57. The second kappa shape index (κ2) is 14.2. The lowest BCUT2D eigenvalue weighted by molar-refractivity contribution is 0.0893. The Bertz CT molecular complexity index is 395. The molecule has 1 atom stereocenters. The van der Waals surface area contributed by atoms with Gasteiger partial charge in [-0.25, -0.2) is 0 Å². The zero-order valence-corrected chi connectivity index (χ0v) is 17.4. The number of aliphatic imine (C=N–C) groups is 1. The van der Waals surface area contributed by atoms with Gasteiger partial charge in [0, 0.05) is 71.6 Å². The number of methoxy groups -OCH3 is 1. The molecule has 0 aromatic carbocycles. The van der Waals surface area contributed by atoms with Crippen LogP contribution in [0.5, 0.6) is 0 Å². The fourth-order valence-corrected chi connectivity index (χ4v) is 3.57. The molecule has 2 saturated heterocycles. The third-order valence-electron chi connectivity index (χ3n) is 5.19. The highest BCUT2D eigenvalue weighted by Gasteiger charge is 2.19. The van der Waals surface area contributed by atoms with E-state index in [1.54, 1.807) is 7.11 Å². The highest BCUT2D eigenvalue weighted by molar-refractivity contribution is 5.80. The van der Waals surface area contributed by atoms with Gasteiger partial charge in [-0.3, -0.25) is 4.99 Å². The summed E-state index contributed by atoms with van der Waals surface area (Å²) in [7, 11) is 1.77. The SMILES string of the molecule is CCNC(=NCCCOCC1CCOC1)NC1CCN(CCCOC)CC1. The van der Waals surface area contributed by atoms with Gasteiger partial charge in [0.25, 0.3) is 0 Å². The number of hydrogen-bond donors (Lipinski definition) is 2. The molecule has 0 bridgehead atoms. The van der Waals surface area contributed by atoms with Gasteiger partial charge in [-0.05, 0) is 39.0 Å². The maximum absolute atomic E-state index is 5.76. The zero-order chi connectivity index (χ0) is 19.2. The normalized spacial score (nSPS) is 22.3. The number of nitrogens with one attached hydrogen (secondary N) is 2. The molecule has 2 aliphatic heterocycles. The number of hydrogen-bond acceptors (Lipinski definition) is 5. The molecule has 0 amide bonds. The maximum atomic E-state index is 5.76. The number of rotatable bonds is 12. The molecule has 2 heterocycles. The average Bonchev–Trinajstić information content (AvgIpc) is 3.20. The largest absolute Gasteiger partial charge is 0.385 e. The predicted molar refractivity (Wildman–Crippen MR) is 109 cm³/mol. The van der Waals surface area contributed by atoms with Crippen molar-refractivity contribution in [3.8, 4) is 0 Å². The first-order valence-corrected chi connectivity index (χ1v) is 10.7. The molecule has 2 N–H and O–H groups in total. The van der Waals surface area contributed by atoms with Crippen molar-refractivity contribution in [1.29, 1.82) is 0 Å². The number of ether oxygens (including phenoxy) is 3. The lowest BCUT2D eigenvalue weighted by atomic mass is 10.1. The molecule has 7 nitrogen and oxygen atoms in total. The summed E-state index contributed by atoms with van der Waals surface area (Å²) in [5.41, 5.74) is 0. The van der Waals surface area contributed by atoms with Crippen molar-refractivity contribution < 1.29 is 14.2 Å². The van der Waals surface area contributed by atoms with Crippen LogP contribution in [-0.4, -0.2) is 89.8 Å². The van der Waals surface area contributed by atoms with Gasteiger partial charge in [-0.2, -0.15) is 0 Å². The molecule has 0 spiro atoms. The monoisotopic (exact) mass is 384 g/mol. The maximum Gasteiger partial charge on any atom is 0.191 e. The molecule has 0 saturated carbocycles. The fourth-order valence-electron chi connectivity index (χ4n) is 3.57. The van der Waals surface area contributed by atoms with Crippen molar-refractivity contribution in [3.05, 3.63) is 0 Å². The van der Waals surface area contributed by atoms with Crippen LogP contribution in [0, 0.1) is 5.92 Å². The molecule has 0 aromatic heterocycles. The van der Waals surface area contributed by atoms with Crippen LogP contribution >= 0.6 is 0 Å². The van der Waals surface area contributed by atoms with E-state index in [0.717, 1.165) is 91.0 Å². The Morgan fingerprint density at radius 1 is 1.19 bits per heavy atom. The van der Waals surface area contributed by atoms with Crippen molar-refractivity contribution in [2.24, 2.45) is 10.9 Å². The molecular weight excluding hydrogens is 344 g/mol. The van der Waals surface area contributed by atoms with E-state index >= 15 is 0 Å². The van der Waals surface area contributed by atoms with Gasteiger partial charge in [0.1, 0.15) is 0 Å². The molecule has 0 radical (unpaired) electrons. The lowest BCUT2D eigenvalue weighted by Gasteiger charge is -2.33. The Morgan fingerprint density at radius 2 is 2.04 bits per heavy atom. The first-order chi connectivity index (χ1) is 13.3. The smallest absolute Gasteiger partial charge is 0.191 e. The zero-order valence-electron chi connectivity index (χ0n) is 17.4. The van der Waals surface area contributed by atoms with Crippen molar-refractivity contribution in [2.45, 2.75) is 45.1 Å². The van der Waals surface area contributed by atoms with E-state index in [9.17, 15) is 0 Å². The van der Waals surface area contributed by atoms with E-state index < -0.39 is 0 Å². The summed E-state index contributed by atoms with van der Waals surface area (Å²) < 4.78 is 16.3. The summed E-state index contributed by atoms with van der Waals surface area (Å²) in [6.45, 7) is 11.5. The summed E-state index contributed by atoms with van der Waals surface area (Å²) in [4.78, 5) is 7.25. The van der Waals surface area contributed by atoms with E-state index in [1.807, 2.05) is 0 Å². The van der Waals surface area contributed by atoms with E-state index in [4.69, 9.17) is 19.2 Å². The molecular formula is C20H40N4O3. The Labute approximate surface area is 165 Å². The van der Waals surface area contributed by atoms with Crippen LogP contribution in [0.4, 0.5) is 0 Å². The van der Waals surface area contributed by atoms with Crippen molar-refractivity contribution in [2.75, 3.05) is 72.9 Å². The first kappa shape index (κ1) is 22.4. The summed E-state index contributed by atoms with van der Waals surface area (Å²) in [6, 6.07) is 0.514. The Hall–Kier alpha value is -0.890. The molecule has 1 unspecified atom stereocenters. The van der Waals surface area contributed by atoms with Gasteiger partial charge >= 0.3 is 0 Å². The van der Waals surface area contributed by atoms with Gasteiger partial charge in [-0.15, -0.1) is 0 Å². The van der Waals surface area contributed by atoms with E-state index in [2.05, 4.69) is 22.5 Å². The highest BCUT2D eigenvalue weighted by atomic mass is 16.5. The second-order valence-electron chi connectivity index (χ2n) is 7.53. The van der Waals surface area contributed by atoms with Gasteiger partial charge in [-0.1, -0.05) is 0 Å². The van der Waals surface area contributed by atoms with Crippen LogP contribution < -0.4 is 10.6 Å². The molecule has 0 aromatic rings. The van der Waals surface area contributed by atoms with Crippen LogP contribution in [0.1, 0.15) is 39.0 Å². The molecule has 158 valence electrons. The summed E-state index contributed by atoms with van der Waals surface area (Å²) >= 11 is 0. The Morgan fingerprint density at radius 3 is 2.74 bits per heavy atom. The minimum Gasteiger partial charge on any atom is -0.385 e. The lowest BCUT2D eigenvalue weighted by Crippen LogP contribution is -2.48. The number of nitrogens with zero attached hydrogens (tertiary/aromatic N) is 2. The van der Waals surface area contributed by atoms with Crippen LogP contribution in [0.2, 0.25) is 0 Å². The minimum atomic E-state index is 0.514. The van der Waals surface area contributed by atoms with Crippen LogP contribution in [0.3, 0.4) is 0 Å². The molecule has 27 heavy (non-hydrogen) atoms. The molecule has 7 heteroatoms. The van der Waals surface area contributed by atoms with Crippen molar-refractivity contribution >= 4 is 5.96 Å². The van der Waals surface area contributed by atoms with E-state index in [-0.39, 0.29) is 0 Å². The summed E-state index contributed by atoms with van der Waals surface area (Å²) in [5, 5.41) is 6.98. The first-order valence-electron chi connectivity index (χ1n) is 10.7. The molecule has 2 aliphatic rings. The molecule has 0 aliphatic carbocycles. The van der Waals surface area contributed by atoms with Gasteiger partial charge < -0.3 is 29.7 Å². The predicted octanol–water partition coefficient (Wildman–Crippen LogP) is 1.49. The third kappa shape index (κ3) is 9.74. The van der Waals surface area contributed by atoms with Crippen LogP contribution in [0.25, 0.3) is 0 Å². The third-order valence-corrected chi connectivity index (χ3v) is 5.19. The fraction of sp³-hybridized carbons (Fsp3) is 0.950. The van der Waals surface area contributed by atoms with Crippen LogP contribution in [0.15, 0.2) is 4.99 Å². The molecule has 2 rings (SSSR count). The second-order valence-corrected chi connectivity index (χ2v) is 7.53. The van der Waals surface area contributed by atoms with Crippen LogP contribution in [-0.2, 0) is 14.2 Å². The number of guanidine groups is 1. The van der Waals surface area contributed by atoms with E-state index in [1.165, 1.54) is 12.8 Å². The standard InChI is InChI=1S/C20H40N4O3/c1-3-21-20(22-9-4-14-26-16-18-8-15-27-17-18)23-19-6-11-24(12-7-19)10-5-13-25-2/h18-19H,3-17H2,1-2H3,(H2,21,22,23). The van der Waals surface area contributed by atoms with Gasteiger partial charge in [0.15, 0.2) is 5.96 Å². The van der Waals surface area contributed by atoms with Gasteiger partial charge in [0.05, 0.1) is 13.2 Å². The molecule has 2 fully saturated rings. The van der Waals surface area contributed by atoms with Gasteiger partial charge in [0.2, 0.25) is 0 Å². The Kier molecular flexibility index (Phi) is 11.7. The number of piperidine rings is 1. The minimum absolute atomic E-state index is 0.514. The quantitative estimate of drug-likeness (QED) is 0.302. The van der Waals surface area contributed by atoms with Crippen molar-refractivity contribution in [3.63, 3.8) is 0 Å². The van der Waals surface area contributed by atoms with E-state index in [0.29, 0.717) is 12.0 Å². The topological polar surface area (TPSA) is 67.4 Å². The number of likely N-dealkylation sites (tertiary alicyclic amines) is 1. The summed E-state index contributed by atoms with van der Waals surface area (Å²) in [5.74, 6) is 1.53. The highest BCUT2D eigenvalue weighted by Crippen LogP contribution is 2.12. The summed E-state index contributed by atoms with van der Waals surface area (Å²) in [6.07, 6.45) is 5.56. The van der Waals surface area contributed by atoms with Crippen molar-refractivity contribution in [1.82, 2.24) is 15.5 Å².